The molecule has 1 aromatic rings. The maximum absolute atomic E-state index is 10.2. The summed E-state index contributed by atoms with van der Waals surface area (Å²) in [6.07, 6.45) is 3.75. The molecule has 4 heteroatoms. The smallest absolute Gasteiger partial charge is 0.404 e. The first-order valence-corrected chi connectivity index (χ1v) is 6.14. The van der Waals surface area contributed by atoms with Crippen molar-refractivity contribution in [1.29, 1.82) is 0 Å². The molecule has 1 aromatic carbocycles. The lowest BCUT2D eigenvalue weighted by Crippen LogP contribution is -1.96. The van der Waals surface area contributed by atoms with Crippen LogP contribution in [0.1, 0.15) is 31.7 Å². The molecule has 1 rings (SSSR count). The molecule has 0 saturated carbocycles. The van der Waals surface area contributed by atoms with Crippen LogP contribution in [-0.2, 0) is 11.3 Å². The van der Waals surface area contributed by atoms with Crippen molar-refractivity contribution < 1.29 is 9.53 Å². The summed E-state index contributed by atoms with van der Waals surface area (Å²) in [5.41, 5.74) is 5.38. The van der Waals surface area contributed by atoms with E-state index in [0.717, 1.165) is 12.1 Å². The van der Waals surface area contributed by atoms with Crippen molar-refractivity contribution in [3.05, 3.63) is 35.9 Å². The van der Waals surface area contributed by atoms with Crippen molar-refractivity contribution in [2.45, 2.75) is 32.8 Å². The van der Waals surface area contributed by atoms with Crippen molar-refractivity contribution in [1.82, 2.24) is 0 Å². The summed E-state index contributed by atoms with van der Waals surface area (Å²) in [6.45, 7) is 3.27. The van der Waals surface area contributed by atoms with Gasteiger partial charge in [-0.15, -0.1) is 0 Å². The molecule has 0 aliphatic rings. The van der Waals surface area contributed by atoms with E-state index < -0.39 is 5.43 Å². The zero-order valence-corrected chi connectivity index (χ0v) is 11.0. The number of ether oxygens (including phenoxy) is 1. The van der Waals surface area contributed by atoms with E-state index in [9.17, 15) is 4.79 Å². The quantitative estimate of drug-likeness (QED) is 0.646. The highest BCUT2D eigenvalue weighted by Gasteiger charge is 1.95. The Kier molecular flexibility index (Phi) is 10.7. The average molecular weight is 258 g/mol. The molecule has 17 heavy (non-hydrogen) atoms. The van der Waals surface area contributed by atoms with Crippen molar-refractivity contribution in [3.8, 4) is 0 Å². The fourth-order valence-electron chi connectivity index (χ4n) is 1.11. The molecule has 0 bridgehead atoms. The third-order valence-corrected chi connectivity index (χ3v) is 2.11. The van der Waals surface area contributed by atoms with E-state index >= 15 is 0 Å². The topological polar surface area (TPSA) is 52.3 Å². The number of halogens is 1. The minimum atomic E-state index is -0.770. The molecule has 0 saturated heterocycles. The number of carbonyl (C=O) groups is 1. The SMILES string of the molecule is CCCCCN.O=C(Cl)OCc1ccccc1. The van der Waals surface area contributed by atoms with Crippen LogP contribution in [0.5, 0.6) is 0 Å². The summed E-state index contributed by atoms with van der Waals surface area (Å²) >= 11 is 4.97. The largest absolute Gasteiger partial charge is 0.449 e. The number of carbonyl (C=O) groups excluding carboxylic acids is 1. The van der Waals surface area contributed by atoms with Crippen molar-refractivity contribution in [2.75, 3.05) is 6.54 Å². The van der Waals surface area contributed by atoms with Gasteiger partial charge < -0.3 is 10.5 Å². The fraction of sp³-hybridized carbons (Fsp3) is 0.462. The molecule has 0 spiro atoms. The first-order chi connectivity index (χ1) is 8.20. The van der Waals surface area contributed by atoms with Gasteiger partial charge in [-0.25, -0.2) is 4.79 Å². The molecule has 2 N–H and O–H groups in total. The minimum Gasteiger partial charge on any atom is -0.449 e. The molecule has 96 valence electrons. The average Bonchev–Trinajstić information content (AvgIpc) is 2.36. The predicted octanol–water partition coefficient (Wildman–Crippen LogP) is 3.70. The van der Waals surface area contributed by atoms with Gasteiger partial charge in [0.15, 0.2) is 0 Å². The predicted molar refractivity (Wildman–Crippen MR) is 71.1 cm³/mol. The van der Waals surface area contributed by atoms with Gasteiger partial charge >= 0.3 is 5.43 Å². The summed E-state index contributed by atoms with van der Waals surface area (Å²) in [4.78, 5) is 10.2. The van der Waals surface area contributed by atoms with Gasteiger partial charge in [-0.05, 0) is 18.5 Å². The lowest BCUT2D eigenvalue weighted by molar-refractivity contribution is 0.167. The van der Waals surface area contributed by atoms with Gasteiger partial charge in [-0.2, -0.15) is 0 Å². The van der Waals surface area contributed by atoms with Gasteiger partial charge in [0.2, 0.25) is 0 Å². The number of nitrogens with two attached hydrogens (primary N) is 1. The van der Waals surface area contributed by atoms with Crippen LogP contribution >= 0.6 is 11.6 Å². The lowest BCUT2D eigenvalue weighted by atomic mass is 10.2. The monoisotopic (exact) mass is 257 g/mol. The fourth-order valence-corrected chi connectivity index (χ4v) is 1.16. The molecule has 0 amide bonds. The molecule has 0 fully saturated rings. The standard InChI is InChI=1S/C8H7ClO2.C5H13N/c9-8(10)11-6-7-4-2-1-3-5-7;1-2-3-4-5-6/h1-5H,6H2;2-6H2,1H3. The Morgan fingerprint density at radius 3 is 2.35 bits per heavy atom. The summed E-state index contributed by atoms with van der Waals surface area (Å²) < 4.78 is 4.55. The van der Waals surface area contributed by atoms with Crippen LogP contribution in [0.3, 0.4) is 0 Å². The third-order valence-electron chi connectivity index (χ3n) is 2.00. The molecule has 0 atom stereocenters. The Morgan fingerprint density at radius 1 is 1.29 bits per heavy atom. The van der Waals surface area contributed by atoms with E-state index in [0.29, 0.717) is 0 Å². The second kappa shape index (κ2) is 11.4. The Labute approximate surface area is 108 Å². The maximum atomic E-state index is 10.2. The van der Waals surface area contributed by atoms with E-state index in [1.165, 1.54) is 19.3 Å². The van der Waals surface area contributed by atoms with Crippen LogP contribution < -0.4 is 5.73 Å². The van der Waals surface area contributed by atoms with Gasteiger partial charge in [0.05, 0.1) is 0 Å². The first-order valence-electron chi connectivity index (χ1n) is 5.77. The molecule has 0 aromatic heterocycles. The summed E-state index contributed by atoms with van der Waals surface area (Å²) in [7, 11) is 0. The second-order valence-electron chi connectivity index (χ2n) is 3.51. The van der Waals surface area contributed by atoms with Crippen LogP contribution in [-0.4, -0.2) is 12.0 Å². The third kappa shape index (κ3) is 11.2. The van der Waals surface area contributed by atoms with Crippen LogP contribution in [0.25, 0.3) is 0 Å². The van der Waals surface area contributed by atoms with Crippen molar-refractivity contribution in [3.63, 3.8) is 0 Å². The van der Waals surface area contributed by atoms with Crippen molar-refractivity contribution >= 4 is 17.0 Å². The van der Waals surface area contributed by atoms with Gasteiger partial charge in [0, 0.05) is 11.6 Å². The second-order valence-corrected chi connectivity index (χ2v) is 3.82. The van der Waals surface area contributed by atoms with Gasteiger partial charge in [-0.3, -0.25) is 0 Å². The van der Waals surface area contributed by atoms with Crippen molar-refractivity contribution in [2.24, 2.45) is 5.73 Å². The van der Waals surface area contributed by atoms with Crippen LogP contribution in [0.15, 0.2) is 30.3 Å². The van der Waals surface area contributed by atoms with Gasteiger partial charge in [0.25, 0.3) is 0 Å². The van der Waals surface area contributed by atoms with Crippen LogP contribution in [0.2, 0.25) is 0 Å². The first kappa shape index (κ1) is 15.9. The molecular weight excluding hydrogens is 238 g/mol. The summed E-state index contributed by atoms with van der Waals surface area (Å²) in [6, 6.07) is 9.36. The van der Waals surface area contributed by atoms with E-state index in [-0.39, 0.29) is 6.61 Å². The number of hydrogen-bond acceptors (Lipinski definition) is 3. The molecule has 3 nitrogen and oxygen atoms in total. The van der Waals surface area contributed by atoms with Gasteiger partial charge in [0.1, 0.15) is 6.61 Å². The van der Waals surface area contributed by atoms with E-state index in [1.807, 2.05) is 30.3 Å². The summed E-state index contributed by atoms with van der Waals surface area (Å²) in [5.74, 6) is 0. The highest BCUT2D eigenvalue weighted by molar-refractivity contribution is 6.61. The van der Waals surface area contributed by atoms with E-state index in [4.69, 9.17) is 17.3 Å². The molecular formula is C13H20ClNO2. The Balaban J connectivity index is 0.000000366. The molecule has 0 radical (unpaired) electrons. The Bertz CT molecular complexity index is 287. The molecule has 0 heterocycles. The highest BCUT2D eigenvalue weighted by atomic mass is 35.5. The van der Waals surface area contributed by atoms with Crippen LogP contribution in [0, 0.1) is 0 Å². The number of rotatable bonds is 5. The molecule has 0 unspecified atom stereocenters. The minimum absolute atomic E-state index is 0.239. The van der Waals surface area contributed by atoms with Gasteiger partial charge in [-0.1, -0.05) is 50.1 Å². The van der Waals surface area contributed by atoms with E-state index in [2.05, 4.69) is 11.7 Å². The van der Waals surface area contributed by atoms with Crippen LogP contribution in [0.4, 0.5) is 4.79 Å². The Hall–Kier alpha value is -1.06. The highest BCUT2D eigenvalue weighted by Crippen LogP contribution is 2.01. The molecule has 0 aliphatic heterocycles. The number of hydrogen-bond donors (Lipinski definition) is 1. The lowest BCUT2D eigenvalue weighted by Gasteiger charge is -1.98. The number of unbranched alkanes of at least 4 members (excludes halogenated alkanes) is 2. The normalized spacial score (nSPS) is 9.12. The maximum Gasteiger partial charge on any atom is 0.404 e. The zero-order chi connectivity index (χ0) is 12.9. The van der Waals surface area contributed by atoms with E-state index in [1.54, 1.807) is 0 Å². The Morgan fingerprint density at radius 2 is 1.94 bits per heavy atom. The molecule has 0 aliphatic carbocycles. The zero-order valence-electron chi connectivity index (χ0n) is 10.2. The number of benzene rings is 1. The summed E-state index contributed by atoms with van der Waals surface area (Å²) in [5, 5.41) is 0.